The lowest BCUT2D eigenvalue weighted by molar-refractivity contribution is -0.209. The molecule has 0 aromatic heterocycles. The van der Waals surface area contributed by atoms with Crippen LogP contribution in [0.2, 0.25) is 0 Å². The van der Waals surface area contributed by atoms with E-state index in [2.05, 4.69) is 0 Å². The van der Waals surface area contributed by atoms with Gasteiger partial charge in [0.25, 0.3) is 0 Å². The molecule has 16 heavy (non-hydrogen) atoms. The fourth-order valence-corrected chi connectivity index (χ4v) is 1.30. The second-order valence-corrected chi connectivity index (χ2v) is 3.51. The van der Waals surface area contributed by atoms with Gasteiger partial charge in [-0.25, -0.2) is 0 Å². The molecule has 0 aliphatic heterocycles. The Morgan fingerprint density at radius 1 is 1.19 bits per heavy atom. The van der Waals surface area contributed by atoms with Crippen molar-refractivity contribution in [3.05, 3.63) is 0 Å². The van der Waals surface area contributed by atoms with Crippen LogP contribution in [0.1, 0.15) is 33.1 Å². The zero-order chi connectivity index (χ0) is 12.6. The van der Waals surface area contributed by atoms with E-state index in [4.69, 9.17) is 15.1 Å². The Bertz CT molecular complexity index is 215. The van der Waals surface area contributed by atoms with Gasteiger partial charge in [-0.3, -0.25) is 14.4 Å². The molecule has 0 aliphatic carbocycles. The number of carboxylic acid groups (broad SMARTS) is 2. The molecule has 0 aliphatic rings. The predicted octanol–water partition coefficient (Wildman–Crippen LogP) is 0.968. The van der Waals surface area contributed by atoms with Gasteiger partial charge < -0.3 is 10.2 Å². The van der Waals surface area contributed by atoms with Crippen LogP contribution < -0.4 is 0 Å². The van der Waals surface area contributed by atoms with E-state index in [1.54, 1.807) is 0 Å². The van der Waals surface area contributed by atoms with Crippen LogP contribution in [0.25, 0.3) is 0 Å². The van der Waals surface area contributed by atoms with E-state index in [1.165, 1.54) is 0 Å². The van der Waals surface area contributed by atoms with Crippen LogP contribution in [0.4, 0.5) is 0 Å². The Morgan fingerprint density at radius 3 is 2.00 bits per heavy atom. The van der Waals surface area contributed by atoms with Gasteiger partial charge in [-0.2, -0.15) is 5.06 Å². The molecule has 0 spiro atoms. The zero-order valence-corrected chi connectivity index (χ0v) is 9.68. The number of hydrogen-bond acceptors (Lipinski definition) is 4. The molecule has 0 bridgehead atoms. The number of aliphatic carboxylic acids is 2. The third kappa shape index (κ3) is 7.19. The van der Waals surface area contributed by atoms with Gasteiger partial charge in [0.1, 0.15) is 13.1 Å². The molecular weight excluding hydrogens is 214 g/mol. The minimum Gasteiger partial charge on any atom is -0.480 e. The van der Waals surface area contributed by atoms with Gasteiger partial charge in [0, 0.05) is 0 Å². The lowest BCUT2D eigenvalue weighted by atomic mass is 10.2. The largest absolute Gasteiger partial charge is 0.480 e. The minimum absolute atomic E-state index is 0.122. The summed E-state index contributed by atoms with van der Waals surface area (Å²) in [7, 11) is 0. The highest BCUT2D eigenvalue weighted by Gasteiger charge is 2.18. The molecule has 0 amide bonds. The van der Waals surface area contributed by atoms with Crippen molar-refractivity contribution in [3.63, 3.8) is 0 Å². The van der Waals surface area contributed by atoms with Crippen molar-refractivity contribution >= 4 is 11.9 Å². The van der Waals surface area contributed by atoms with Gasteiger partial charge in [0.2, 0.25) is 0 Å². The molecule has 2 N–H and O–H groups in total. The summed E-state index contributed by atoms with van der Waals surface area (Å²) in [6, 6.07) is 0. The summed E-state index contributed by atoms with van der Waals surface area (Å²) in [6.45, 7) is 3.06. The highest BCUT2D eigenvalue weighted by Crippen LogP contribution is 2.08. The lowest BCUT2D eigenvalue weighted by Crippen LogP contribution is -2.37. The molecule has 94 valence electrons. The fourth-order valence-electron chi connectivity index (χ4n) is 1.30. The van der Waals surface area contributed by atoms with E-state index in [0.717, 1.165) is 24.3 Å². The predicted molar refractivity (Wildman–Crippen MR) is 56.9 cm³/mol. The maximum absolute atomic E-state index is 10.5. The highest BCUT2D eigenvalue weighted by molar-refractivity contribution is 5.72. The van der Waals surface area contributed by atoms with Crippen LogP contribution in [0.15, 0.2) is 0 Å². The molecule has 0 saturated heterocycles. The highest BCUT2D eigenvalue weighted by atomic mass is 16.7. The number of rotatable bonds is 9. The van der Waals surface area contributed by atoms with E-state index < -0.39 is 25.0 Å². The Kier molecular flexibility index (Phi) is 7.49. The van der Waals surface area contributed by atoms with Gasteiger partial charge in [-0.05, 0) is 12.8 Å². The van der Waals surface area contributed by atoms with Gasteiger partial charge in [0.15, 0.2) is 0 Å². The van der Waals surface area contributed by atoms with E-state index in [-0.39, 0.29) is 6.10 Å². The first-order chi connectivity index (χ1) is 7.49. The third-order valence-corrected chi connectivity index (χ3v) is 1.99. The van der Waals surface area contributed by atoms with Crippen LogP contribution >= 0.6 is 0 Å². The standard InChI is InChI=1S/C10H19NO5/c1-3-5-8(4-2)16-11(6-9(12)13)7-10(14)15/h8H,3-7H2,1-2H3,(H,12,13)(H,14,15). The van der Waals surface area contributed by atoms with E-state index in [0.29, 0.717) is 0 Å². The first-order valence-electron chi connectivity index (χ1n) is 5.34. The summed E-state index contributed by atoms with van der Waals surface area (Å²) in [5.41, 5.74) is 0. The van der Waals surface area contributed by atoms with Gasteiger partial charge in [-0.15, -0.1) is 0 Å². The monoisotopic (exact) mass is 233 g/mol. The van der Waals surface area contributed by atoms with Crippen LogP contribution in [-0.4, -0.2) is 46.4 Å². The molecule has 0 saturated carbocycles. The van der Waals surface area contributed by atoms with Crippen molar-refractivity contribution in [1.29, 1.82) is 0 Å². The molecule has 1 atom stereocenters. The second-order valence-electron chi connectivity index (χ2n) is 3.51. The number of carbonyl (C=O) groups is 2. The van der Waals surface area contributed by atoms with Crippen molar-refractivity contribution < 1.29 is 24.6 Å². The number of carboxylic acids is 2. The summed E-state index contributed by atoms with van der Waals surface area (Å²) < 4.78 is 0. The smallest absolute Gasteiger partial charge is 0.320 e. The molecule has 6 nitrogen and oxygen atoms in total. The van der Waals surface area contributed by atoms with E-state index >= 15 is 0 Å². The van der Waals surface area contributed by atoms with Crippen molar-refractivity contribution in [2.24, 2.45) is 0 Å². The molecule has 0 fully saturated rings. The molecule has 1 unspecified atom stereocenters. The molecule has 0 rings (SSSR count). The third-order valence-electron chi connectivity index (χ3n) is 1.99. The van der Waals surface area contributed by atoms with Crippen LogP contribution in [0, 0.1) is 0 Å². The first kappa shape index (κ1) is 14.9. The Balaban J connectivity index is 4.26. The molecule has 0 aromatic carbocycles. The van der Waals surface area contributed by atoms with Crippen LogP contribution in [0.3, 0.4) is 0 Å². The zero-order valence-electron chi connectivity index (χ0n) is 9.68. The van der Waals surface area contributed by atoms with Crippen molar-refractivity contribution in [2.75, 3.05) is 13.1 Å². The minimum atomic E-state index is -1.10. The fraction of sp³-hybridized carbons (Fsp3) is 0.800. The maximum atomic E-state index is 10.5. The van der Waals surface area contributed by atoms with Gasteiger partial charge in [-0.1, -0.05) is 20.3 Å². The van der Waals surface area contributed by atoms with Crippen LogP contribution in [-0.2, 0) is 14.4 Å². The molecule has 0 radical (unpaired) electrons. The number of nitrogens with zero attached hydrogens (tertiary/aromatic N) is 1. The van der Waals surface area contributed by atoms with Gasteiger partial charge in [0.05, 0.1) is 6.10 Å². The maximum Gasteiger partial charge on any atom is 0.320 e. The van der Waals surface area contributed by atoms with Gasteiger partial charge >= 0.3 is 11.9 Å². The number of hydroxylamine groups is 2. The summed E-state index contributed by atoms with van der Waals surface area (Å²) in [5.74, 6) is -2.21. The summed E-state index contributed by atoms with van der Waals surface area (Å²) in [5, 5.41) is 18.2. The topological polar surface area (TPSA) is 87.1 Å². The molecule has 0 aromatic rings. The van der Waals surface area contributed by atoms with Crippen molar-refractivity contribution in [3.8, 4) is 0 Å². The quantitative estimate of drug-likeness (QED) is 0.577. The van der Waals surface area contributed by atoms with Crippen molar-refractivity contribution in [2.45, 2.75) is 39.2 Å². The van der Waals surface area contributed by atoms with Crippen molar-refractivity contribution in [1.82, 2.24) is 5.06 Å². The van der Waals surface area contributed by atoms with E-state index in [9.17, 15) is 9.59 Å². The average molecular weight is 233 g/mol. The number of hydrogen-bond donors (Lipinski definition) is 2. The second kappa shape index (κ2) is 8.06. The SMILES string of the molecule is CCCC(CC)ON(CC(=O)O)CC(=O)O. The summed E-state index contributed by atoms with van der Waals surface area (Å²) >= 11 is 0. The molecule has 0 heterocycles. The summed E-state index contributed by atoms with van der Waals surface area (Å²) in [6.07, 6.45) is 2.30. The Labute approximate surface area is 94.8 Å². The Morgan fingerprint density at radius 2 is 1.69 bits per heavy atom. The molecule has 6 heteroatoms. The Hall–Kier alpha value is -1.14. The normalized spacial score (nSPS) is 12.7. The summed E-state index contributed by atoms with van der Waals surface area (Å²) in [4.78, 5) is 26.3. The lowest BCUT2D eigenvalue weighted by Gasteiger charge is -2.23. The molecular formula is C10H19NO5. The first-order valence-corrected chi connectivity index (χ1v) is 5.34. The van der Waals surface area contributed by atoms with Crippen LogP contribution in [0.5, 0.6) is 0 Å². The average Bonchev–Trinajstić information content (AvgIpc) is 2.14. The van der Waals surface area contributed by atoms with E-state index in [1.807, 2.05) is 13.8 Å².